The van der Waals surface area contributed by atoms with Crippen molar-refractivity contribution in [1.82, 2.24) is 23.8 Å². The minimum Gasteiger partial charge on any atom is -0.385 e. The maximum Gasteiger partial charge on any atom is 0.267 e. The van der Waals surface area contributed by atoms with Crippen LogP contribution in [0.4, 0.5) is 0 Å². The van der Waals surface area contributed by atoms with Gasteiger partial charge in [-0.2, -0.15) is 0 Å². The van der Waals surface area contributed by atoms with Crippen molar-refractivity contribution >= 4 is 22.6 Å². The minimum atomic E-state index is -0.244. The predicted octanol–water partition coefficient (Wildman–Crippen LogP) is 0.943. The summed E-state index contributed by atoms with van der Waals surface area (Å²) in [5.41, 5.74) is 1.01. The van der Waals surface area contributed by atoms with Gasteiger partial charge in [0, 0.05) is 52.6 Å². The van der Waals surface area contributed by atoms with Crippen molar-refractivity contribution in [3.8, 4) is 0 Å². The fourth-order valence-corrected chi connectivity index (χ4v) is 4.07. The Morgan fingerprint density at radius 2 is 2.00 bits per heavy atom. The molecule has 1 fully saturated rings. The van der Waals surface area contributed by atoms with Crippen LogP contribution in [-0.2, 0) is 11.3 Å². The molecule has 4 heterocycles. The van der Waals surface area contributed by atoms with Crippen LogP contribution in [-0.4, -0.2) is 76.1 Å². The van der Waals surface area contributed by atoms with Crippen LogP contribution in [0.2, 0.25) is 0 Å². The van der Waals surface area contributed by atoms with Crippen LogP contribution in [0.25, 0.3) is 16.7 Å². The number of piperazine rings is 1. The lowest BCUT2D eigenvalue weighted by atomic mass is 10.1. The van der Waals surface area contributed by atoms with Gasteiger partial charge in [-0.05, 0) is 31.2 Å². The first-order chi connectivity index (χ1) is 15.0. The summed E-state index contributed by atoms with van der Waals surface area (Å²) in [4.78, 5) is 35.3. The highest BCUT2D eigenvalue weighted by Crippen LogP contribution is 2.13. The molecular weight excluding hydrogens is 396 g/mol. The number of carbonyl (C=O) groups is 1. The summed E-state index contributed by atoms with van der Waals surface area (Å²) in [7, 11) is 1.62. The number of carbonyl (C=O) groups excluding carboxylic acids is 1. The lowest BCUT2D eigenvalue weighted by Crippen LogP contribution is -2.49. The lowest BCUT2D eigenvalue weighted by Gasteiger charge is -2.34. The summed E-state index contributed by atoms with van der Waals surface area (Å²) in [6.07, 6.45) is 2.31. The Morgan fingerprint density at radius 1 is 1.23 bits per heavy atom. The number of hydrogen-bond acceptors (Lipinski definition) is 6. The van der Waals surface area contributed by atoms with E-state index in [9.17, 15) is 9.59 Å². The second-order valence-electron chi connectivity index (χ2n) is 7.71. The van der Waals surface area contributed by atoms with Crippen LogP contribution in [0, 0.1) is 5.41 Å². The van der Waals surface area contributed by atoms with E-state index in [1.54, 1.807) is 41.0 Å². The van der Waals surface area contributed by atoms with Crippen LogP contribution in [0.1, 0.15) is 23.7 Å². The predicted molar refractivity (Wildman–Crippen MR) is 117 cm³/mol. The van der Waals surface area contributed by atoms with Crippen molar-refractivity contribution in [2.75, 3.05) is 46.4 Å². The largest absolute Gasteiger partial charge is 0.385 e. The van der Waals surface area contributed by atoms with Crippen molar-refractivity contribution < 1.29 is 9.53 Å². The quantitative estimate of drug-likeness (QED) is 0.469. The average Bonchev–Trinajstić information content (AvgIpc) is 2.80. The molecule has 1 amide bonds. The zero-order chi connectivity index (χ0) is 22.0. The van der Waals surface area contributed by atoms with E-state index in [-0.39, 0.29) is 22.5 Å². The molecule has 1 aliphatic heterocycles. The molecule has 0 radical (unpaired) electrons. The second-order valence-corrected chi connectivity index (χ2v) is 7.71. The molecule has 3 aromatic heterocycles. The SMILES string of the molecule is CCN1CCN(C(=O)c2cc3c(=O)n4ccccc4nc3n(CCCOC)c2=N)CC1. The molecule has 1 N–H and O–H groups in total. The number of hydrogen-bond donors (Lipinski definition) is 1. The van der Waals surface area contributed by atoms with Gasteiger partial charge < -0.3 is 19.1 Å². The van der Waals surface area contributed by atoms with Gasteiger partial charge in [-0.1, -0.05) is 13.0 Å². The fourth-order valence-electron chi connectivity index (χ4n) is 4.07. The van der Waals surface area contributed by atoms with Crippen LogP contribution in [0.15, 0.2) is 35.3 Å². The van der Waals surface area contributed by atoms with Gasteiger partial charge in [-0.25, -0.2) is 4.98 Å². The van der Waals surface area contributed by atoms with E-state index >= 15 is 0 Å². The molecule has 1 aliphatic rings. The van der Waals surface area contributed by atoms with Crippen molar-refractivity contribution in [2.45, 2.75) is 19.9 Å². The maximum atomic E-state index is 13.3. The molecule has 0 bridgehead atoms. The second kappa shape index (κ2) is 8.99. The molecule has 31 heavy (non-hydrogen) atoms. The number of aromatic nitrogens is 3. The number of methoxy groups -OCH3 is 1. The van der Waals surface area contributed by atoms with E-state index in [0.717, 1.165) is 19.6 Å². The molecule has 9 nitrogen and oxygen atoms in total. The van der Waals surface area contributed by atoms with E-state index in [1.807, 2.05) is 6.07 Å². The third-order valence-corrected chi connectivity index (χ3v) is 5.89. The molecule has 164 valence electrons. The highest BCUT2D eigenvalue weighted by atomic mass is 16.5. The van der Waals surface area contributed by atoms with Crippen molar-refractivity contribution in [3.63, 3.8) is 0 Å². The standard InChI is InChI=1S/C22H28N6O3/c1-3-25-10-12-26(13-11-25)21(29)16-15-17-20(28(19(16)23)9-6-14-31-2)24-18-7-4-5-8-27(18)22(17)30/h4-5,7-8,15,23H,3,6,9-14H2,1-2H3. The van der Waals surface area contributed by atoms with Crippen molar-refractivity contribution in [3.05, 3.63) is 51.9 Å². The molecule has 4 rings (SSSR count). The van der Waals surface area contributed by atoms with Crippen LogP contribution < -0.4 is 11.0 Å². The number of likely N-dealkylation sites (N-methyl/N-ethyl adjacent to an activating group) is 1. The smallest absolute Gasteiger partial charge is 0.267 e. The summed E-state index contributed by atoms with van der Waals surface area (Å²) < 4.78 is 8.30. The Kier molecular flexibility index (Phi) is 6.15. The highest BCUT2D eigenvalue weighted by molar-refractivity contribution is 5.97. The number of nitrogens with zero attached hydrogens (tertiary/aromatic N) is 5. The normalized spacial score (nSPS) is 15.1. The maximum absolute atomic E-state index is 13.3. The fraction of sp³-hybridized carbons (Fsp3) is 0.455. The van der Waals surface area contributed by atoms with Gasteiger partial charge >= 0.3 is 0 Å². The zero-order valence-corrected chi connectivity index (χ0v) is 18.0. The Hall–Kier alpha value is -3.04. The van der Waals surface area contributed by atoms with Gasteiger partial charge in [-0.3, -0.25) is 19.4 Å². The number of ether oxygens (including phenoxy) is 1. The van der Waals surface area contributed by atoms with E-state index < -0.39 is 0 Å². The van der Waals surface area contributed by atoms with Gasteiger partial charge in [-0.15, -0.1) is 0 Å². The Balaban J connectivity index is 1.85. The lowest BCUT2D eigenvalue weighted by molar-refractivity contribution is 0.0640. The first-order valence-electron chi connectivity index (χ1n) is 10.6. The minimum absolute atomic E-state index is 0.0821. The van der Waals surface area contributed by atoms with Crippen molar-refractivity contribution in [2.24, 2.45) is 0 Å². The van der Waals surface area contributed by atoms with E-state index in [1.165, 1.54) is 4.40 Å². The summed E-state index contributed by atoms with van der Waals surface area (Å²) in [5, 5.41) is 9.12. The van der Waals surface area contributed by atoms with Crippen molar-refractivity contribution in [1.29, 1.82) is 5.41 Å². The molecule has 3 aromatic rings. The third kappa shape index (κ3) is 3.98. The van der Waals surface area contributed by atoms with E-state index in [4.69, 9.17) is 10.1 Å². The zero-order valence-electron chi connectivity index (χ0n) is 18.0. The Morgan fingerprint density at radius 3 is 2.71 bits per heavy atom. The summed E-state index contributed by atoms with van der Waals surface area (Å²) in [5.74, 6) is -0.208. The first-order valence-corrected chi connectivity index (χ1v) is 10.6. The van der Waals surface area contributed by atoms with Crippen LogP contribution in [0.5, 0.6) is 0 Å². The molecular formula is C22H28N6O3. The molecule has 9 heteroatoms. The summed E-state index contributed by atoms with van der Waals surface area (Å²) in [6, 6.07) is 6.90. The summed E-state index contributed by atoms with van der Waals surface area (Å²) in [6.45, 7) is 6.86. The molecule has 0 aromatic carbocycles. The molecule has 0 atom stereocenters. The number of rotatable bonds is 6. The van der Waals surface area contributed by atoms with Gasteiger partial charge in [0.2, 0.25) is 0 Å². The van der Waals surface area contributed by atoms with Gasteiger partial charge in [0.25, 0.3) is 11.5 Å². The average molecular weight is 425 g/mol. The molecule has 0 aliphatic carbocycles. The number of pyridine rings is 2. The van der Waals surface area contributed by atoms with Gasteiger partial charge in [0.1, 0.15) is 16.8 Å². The topological polar surface area (TPSA) is 95.9 Å². The van der Waals surface area contributed by atoms with E-state index in [2.05, 4.69) is 16.8 Å². The van der Waals surface area contributed by atoms with Gasteiger partial charge in [0.15, 0.2) is 0 Å². The van der Waals surface area contributed by atoms with E-state index in [0.29, 0.717) is 49.3 Å². The first kappa shape index (κ1) is 21.2. The van der Waals surface area contributed by atoms with Gasteiger partial charge in [0.05, 0.1) is 10.9 Å². The molecule has 0 saturated carbocycles. The number of amides is 1. The monoisotopic (exact) mass is 424 g/mol. The summed E-state index contributed by atoms with van der Waals surface area (Å²) >= 11 is 0. The molecule has 0 spiro atoms. The van der Waals surface area contributed by atoms with Crippen LogP contribution in [0.3, 0.4) is 0 Å². The Labute approximate surface area is 180 Å². The molecule has 1 saturated heterocycles. The third-order valence-electron chi connectivity index (χ3n) is 5.89. The highest BCUT2D eigenvalue weighted by Gasteiger charge is 2.24. The molecule has 0 unspecified atom stereocenters. The number of fused-ring (bicyclic) bond motifs is 2. The Bertz CT molecular complexity index is 1220. The number of aryl methyl sites for hydroxylation is 1. The van der Waals surface area contributed by atoms with Crippen LogP contribution >= 0.6 is 0 Å². The number of nitrogens with one attached hydrogen (secondary N) is 1.